The highest BCUT2D eigenvalue weighted by atomic mass is 32.2. The molecule has 1 saturated carbocycles. The number of nitrogens with one attached hydrogen (secondary N) is 1. The monoisotopic (exact) mass is 242 g/mol. The predicted molar refractivity (Wildman–Crippen MR) is 73.2 cm³/mol. The van der Waals surface area contributed by atoms with Crippen LogP contribution in [0.3, 0.4) is 0 Å². The molecule has 0 aromatic heterocycles. The number of thioether (sulfide) groups is 1. The lowest BCUT2D eigenvalue weighted by atomic mass is 10.1. The molecule has 1 heterocycles. The normalized spacial score (nSPS) is 25.9. The van der Waals surface area contributed by atoms with Crippen LogP contribution in [0.4, 0.5) is 0 Å². The molecule has 16 heavy (non-hydrogen) atoms. The summed E-state index contributed by atoms with van der Waals surface area (Å²) in [6, 6.07) is 0.880. The molecule has 0 bridgehead atoms. The fourth-order valence-corrected chi connectivity index (χ4v) is 3.54. The second-order valence-corrected chi connectivity index (χ2v) is 7.62. The molecule has 0 unspecified atom stereocenters. The van der Waals surface area contributed by atoms with Gasteiger partial charge in [0.15, 0.2) is 0 Å². The second-order valence-electron chi connectivity index (χ2n) is 5.82. The van der Waals surface area contributed by atoms with Crippen molar-refractivity contribution in [2.24, 2.45) is 0 Å². The Morgan fingerprint density at radius 3 is 2.81 bits per heavy atom. The van der Waals surface area contributed by atoms with Crippen molar-refractivity contribution in [2.75, 3.05) is 31.9 Å². The molecule has 3 heteroatoms. The minimum absolute atomic E-state index is 0.477. The van der Waals surface area contributed by atoms with Crippen LogP contribution in [-0.2, 0) is 0 Å². The maximum Gasteiger partial charge on any atom is 0.0231 e. The third kappa shape index (κ3) is 4.64. The Bertz CT molecular complexity index is 214. The van der Waals surface area contributed by atoms with E-state index in [4.69, 9.17) is 0 Å². The topological polar surface area (TPSA) is 15.3 Å². The number of hydrogen-bond donors (Lipinski definition) is 1. The molecule has 94 valence electrons. The molecule has 0 aromatic carbocycles. The van der Waals surface area contributed by atoms with Gasteiger partial charge in [0.05, 0.1) is 0 Å². The van der Waals surface area contributed by atoms with E-state index in [0.29, 0.717) is 4.75 Å². The highest BCUT2D eigenvalue weighted by Gasteiger charge is 2.26. The first-order chi connectivity index (χ1) is 7.66. The zero-order valence-corrected chi connectivity index (χ0v) is 11.6. The van der Waals surface area contributed by atoms with Crippen LogP contribution in [0.25, 0.3) is 0 Å². The third-order valence-electron chi connectivity index (χ3n) is 3.42. The summed E-state index contributed by atoms with van der Waals surface area (Å²) in [5, 5.41) is 3.59. The molecule has 0 aromatic rings. The fourth-order valence-electron chi connectivity index (χ4n) is 2.36. The van der Waals surface area contributed by atoms with E-state index in [1.54, 1.807) is 0 Å². The van der Waals surface area contributed by atoms with Gasteiger partial charge in [0.25, 0.3) is 0 Å². The van der Waals surface area contributed by atoms with Crippen molar-refractivity contribution >= 4 is 11.8 Å². The van der Waals surface area contributed by atoms with Crippen molar-refractivity contribution in [1.82, 2.24) is 10.2 Å². The van der Waals surface area contributed by atoms with Crippen LogP contribution in [0.15, 0.2) is 0 Å². The van der Waals surface area contributed by atoms with Gasteiger partial charge in [-0.15, -0.1) is 0 Å². The van der Waals surface area contributed by atoms with Crippen LogP contribution >= 0.6 is 11.8 Å². The molecule has 1 saturated heterocycles. The zero-order valence-electron chi connectivity index (χ0n) is 10.8. The lowest BCUT2D eigenvalue weighted by Gasteiger charge is -2.37. The molecule has 2 rings (SSSR count). The Morgan fingerprint density at radius 2 is 2.12 bits per heavy atom. The van der Waals surface area contributed by atoms with E-state index in [2.05, 4.69) is 35.8 Å². The van der Waals surface area contributed by atoms with Gasteiger partial charge in [-0.05, 0) is 52.6 Å². The summed E-state index contributed by atoms with van der Waals surface area (Å²) in [5.41, 5.74) is 0. The molecular weight excluding hydrogens is 216 g/mol. The second kappa shape index (κ2) is 5.74. The van der Waals surface area contributed by atoms with Gasteiger partial charge in [0, 0.05) is 29.6 Å². The third-order valence-corrected chi connectivity index (χ3v) is 4.71. The summed E-state index contributed by atoms with van der Waals surface area (Å²) in [5.74, 6) is 1.31. The summed E-state index contributed by atoms with van der Waals surface area (Å²) < 4.78 is 0.477. The van der Waals surface area contributed by atoms with Gasteiger partial charge in [-0.1, -0.05) is 0 Å². The molecule has 0 amide bonds. The summed E-state index contributed by atoms with van der Waals surface area (Å²) in [4.78, 5) is 2.65. The first-order valence-corrected chi connectivity index (χ1v) is 7.74. The van der Waals surface area contributed by atoms with Gasteiger partial charge in [-0.2, -0.15) is 11.8 Å². The van der Waals surface area contributed by atoms with Crippen molar-refractivity contribution in [3.8, 4) is 0 Å². The number of unbranched alkanes of at least 4 members (excludes halogenated alkanes) is 1. The van der Waals surface area contributed by atoms with E-state index in [1.165, 1.54) is 57.6 Å². The molecular formula is C13H26N2S. The van der Waals surface area contributed by atoms with E-state index >= 15 is 0 Å². The largest absolute Gasteiger partial charge is 0.314 e. The van der Waals surface area contributed by atoms with Gasteiger partial charge in [-0.3, -0.25) is 0 Å². The summed E-state index contributed by atoms with van der Waals surface area (Å²) in [6.07, 6.45) is 5.54. The van der Waals surface area contributed by atoms with Crippen LogP contribution < -0.4 is 5.32 Å². The molecule has 1 aliphatic carbocycles. The Balaban J connectivity index is 1.51. The minimum atomic E-state index is 0.477. The Labute approximate surface area is 105 Å². The summed E-state index contributed by atoms with van der Waals surface area (Å²) in [6.45, 7) is 9.85. The number of nitrogens with zero attached hydrogens (tertiary/aromatic N) is 1. The van der Waals surface area contributed by atoms with Crippen LogP contribution in [0, 0.1) is 0 Å². The smallest absolute Gasteiger partial charge is 0.0231 e. The first kappa shape index (κ1) is 12.7. The molecule has 0 radical (unpaired) electrons. The van der Waals surface area contributed by atoms with E-state index in [1.807, 2.05) is 0 Å². The Hall–Kier alpha value is 0.270. The van der Waals surface area contributed by atoms with Gasteiger partial charge in [0.2, 0.25) is 0 Å². The number of rotatable bonds is 6. The van der Waals surface area contributed by atoms with Crippen molar-refractivity contribution in [1.29, 1.82) is 0 Å². The number of hydrogen-bond acceptors (Lipinski definition) is 3. The molecule has 0 atom stereocenters. The summed E-state index contributed by atoms with van der Waals surface area (Å²) >= 11 is 2.13. The minimum Gasteiger partial charge on any atom is -0.314 e. The predicted octanol–water partition coefficient (Wildman–Crippen LogP) is 2.35. The lowest BCUT2D eigenvalue weighted by molar-refractivity contribution is 0.255. The zero-order chi connectivity index (χ0) is 11.4. The van der Waals surface area contributed by atoms with Crippen molar-refractivity contribution < 1.29 is 0 Å². The van der Waals surface area contributed by atoms with E-state index < -0.39 is 0 Å². The van der Waals surface area contributed by atoms with E-state index in [9.17, 15) is 0 Å². The Kier molecular flexibility index (Phi) is 4.57. The van der Waals surface area contributed by atoms with E-state index in [-0.39, 0.29) is 0 Å². The molecule has 2 nitrogen and oxygen atoms in total. The van der Waals surface area contributed by atoms with Crippen LogP contribution in [0.1, 0.15) is 39.5 Å². The molecule has 2 aliphatic rings. The molecule has 0 spiro atoms. The van der Waals surface area contributed by atoms with Gasteiger partial charge < -0.3 is 10.2 Å². The Morgan fingerprint density at radius 1 is 1.31 bits per heavy atom. The highest BCUT2D eigenvalue weighted by molar-refractivity contribution is 8.00. The maximum absolute atomic E-state index is 3.59. The average Bonchev–Trinajstić information content (AvgIpc) is 2.99. The van der Waals surface area contributed by atoms with Gasteiger partial charge >= 0.3 is 0 Å². The SMILES string of the molecule is CC1(C)CN(CCCCNC2CC2)CCS1. The quantitative estimate of drug-likeness (QED) is 0.720. The molecule has 1 aliphatic heterocycles. The average molecular weight is 242 g/mol. The molecule has 1 N–H and O–H groups in total. The maximum atomic E-state index is 3.59. The van der Waals surface area contributed by atoms with Crippen LogP contribution in [-0.4, -0.2) is 47.6 Å². The fraction of sp³-hybridized carbons (Fsp3) is 1.00. The van der Waals surface area contributed by atoms with Crippen LogP contribution in [0.5, 0.6) is 0 Å². The van der Waals surface area contributed by atoms with Crippen molar-refractivity contribution in [2.45, 2.75) is 50.3 Å². The lowest BCUT2D eigenvalue weighted by Crippen LogP contribution is -2.43. The molecule has 2 fully saturated rings. The summed E-state index contributed by atoms with van der Waals surface area (Å²) in [7, 11) is 0. The van der Waals surface area contributed by atoms with E-state index in [0.717, 1.165) is 6.04 Å². The standard InChI is InChI=1S/C13H26N2S/c1-13(2)11-15(9-10-16-13)8-4-3-7-14-12-5-6-12/h12,14H,3-11H2,1-2H3. The first-order valence-electron chi connectivity index (χ1n) is 6.75. The van der Waals surface area contributed by atoms with Gasteiger partial charge in [-0.25, -0.2) is 0 Å². The van der Waals surface area contributed by atoms with Crippen molar-refractivity contribution in [3.63, 3.8) is 0 Å². The van der Waals surface area contributed by atoms with Crippen LogP contribution in [0.2, 0.25) is 0 Å². The van der Waals surface area contributed by atoms with Crippen molar-refractivity contribution in [3.05, 3.63) is 0 Å². The van der Waals surface area contributed by atoms with Gasteiger partial charge in [0.1, 0.15) is 0 Å². The highest BCUT2D eigenvalue weighted by Crippen LogP contribution is 2.29.